The normalized spacial score (nSPS) is 12.2. The van der Waals surface area contributed by atoms with E-state index in [4.69, 9.17) is 0 Å². The van der Waals surface area contributed by atoms with E-state index in [0.717, 1.165) is 5.56 Å². The van der Waals surface area contributed by atoms with Gasteiger partial charge in [0.2, 0.25) is 10.0 Å². The zero-order valence-corrected chi connectivity index (χ0v) is 16.9. The number of pyridine rings is 1. The predicted octanol–water partition coefficient (Wildman–Crippen LogP) is 3.94. The fraction of sp³-hybridized carbons (Fsp3) is 0.150. The molecule has 1 atom stereocenters. The van der Waals surface area contributed by atoms with Gasteiger partial charge in [0.05, 0.1) is 5.69 Å². The Labute approximate surface area is 170 Å². The monoisotopic (exact) mass is 421 g/mol. The number of benzene rings is 1. The molecule has 2 heterocycles. The van der Waals surface area contributed by atoms with Gasteiger partial charge in [-0.15, -0.1) is 19.0 Å². The van der Waals surface area contributed by atoms with E-state index < -0.39 is 21.1 Å². The van der Waals surface area contributed by atoms with Gasteiger partial charge in [-0.1, -0.05) is 24.3 Å². The molecular weight excluding hydrogens is 401 g/mol. The summed E-state index contributed by atoms with van der Waals surface area (Å²) >= 11 is 0. The van der Waals surface area contributed by atoms with Gasteiger partial charge < -0.3 is 5.32 Å². The molecule has 1 unspecified atom stereocenters. The third-order valence-corrected chi connectivity index (χ3v) is 6.12. The Hall–Kier alpha value is -2.48. The molecule has 2 aromatic heterocycles. The Morgan fingerprint density at radius 3 is 2.68 bits per heavy atom. The minimum Gasteiger partial charge on any atom is -0.316 e. The average Bonchev–Trinajstić information content (AvgIpc) is 3.08. The fourth-order valence-electron chi connectivity index (χ4n) is 2.96. The molecule has 28 heavy (non-hydrogen) atoms. The maximum absolute atomic E-state index is 13.7. The summed E-state index contributed by atoms with van der Waals surface area (Å²) < 4.78 is 41.8. The standard InChI is InChI=1S/C20H20FN3O2S.ClH/c1-3-20(17-7-5-9-23-13-17)27(25,26)24-14-15(12-22-2)10-19(24)16-6-4-8-18(21)11-16;/h3-11,13-14,20,22H,1,12H2,2H3;1H. The molecule has 3 aromatic rings. The van der Waals surface area contributed by atoms with Crippen molar-refractivity contribution < 1.29 is 12.8 Å². The van der Waals surface area contributed by atoms with E-state index in [-0.39, 0.29) is 12.4 Å². The van der Waals surface area contributed by atoms with Crippen LogP contribution in [0.25, 0.3) is 11.3 Å². The largest absolute Gasteiger partial charge is 0.316 e. The SMILES string of the molecule is C=CC(c1cccnc1)S(=O)(=O)n1cc(CNC)cc1-c1cccc(F)c1.Cl. The second kappa shape index (κ2) is 9.14. The Bertz CT molecular complexity index is 1050. The first kappa shape index (κ1) is 21.8. The van der Waals surface area contributed by atoms with Gasteiger partial charge >= 0.3 is 0 Å². The van der Waals surface area contributed by atoms with Crippen LogP contribution in [0.2, 0.25) is 0 Å². The minimum absolute atomic E-state index is 0. The van der Waals surface area contributed by atoms with Crippen molar-refractivity contribution in [3.8, 4) is 11.3 Å². The molecule has 8 heteroatoms. The second-order valence-corrected chi connectivity index (χ2v) is 7.99. The van der Waals surface area contributed by atoms with Gasteiger partial charge in [0.15, 0.2) is 0 Å². The lowest BCUT2D eigenvalue weighted by Gasteiger charge is -2.17. The van der Waals surface area contributed by atoms with E-state index >= 15 is 0 Å². The topological polar surface area (TPSA) is 64.0 Å². The van der Waals surface area contributed by atoms with Crippen LogP contribution < -0.4 is 5.32 Å². The van der Waals surface area contributed by atoms with E-state index in [1.807, 2.05) is 0 Å². The third-order valence-electron chi connectivity index (χ3n) is 4.17. The average molecular weight is 422 g/mol. The summed E-state index contributed by atoms with van der Waals surface area (Å²) in [4.78, 5) is 4.01. The van der Waals surface area contributed by atoms with Crippen molar-refractivity contribution in [3.63, 3.8) is 0 Å². The maximum Gasteiger partial charge on any atom is 0.249 e. The van der Waals surface area contributed by atoms with Crippen LogP contribution in [0.3, 0.4) is 0 Å². The summed E-state index contributed by atoms with van der Waals surface area (Å²) in [5.41, 5.74) is 2.17. The summed E-state index contributed by atoms with van der Waals surface area (Å²) in [5.74, 6) is -0.430. The first-order chi connectivity index (χ1) is 13.0. The van der Waals surface area contributed by atoms with Gasteiger partial charge in [0, 0.05) is 30.7 Å². The van der Waals surface area contributed by atoms with Crippen LogP contribution in [-0.2, 0) is 16.6 Å². The van der Waals surface area contributed by atoms with Gasteiger partial charge in [-0.3, -0.25) is 4.98 Å². The van der Waals surface area contributed by atoms with Gasteiger partial charge in [0.1, 0.15) is 11.1 Å². The number of rotatable bonds is 7. The van der Waals surface area contributed by atoms with Crippen LogP contribution >= 0.6 is 12.4 Å². The van der Waals surface area contributed by atoms with Crippen LogP contribution in [0.15, 0.2) is 73.7 Å². The van der Waals surface area contributed by atoms with Crippen LogP contribution in [0.5, 0.6) is 0 Å². The molecule has 3 rings (SSSR count). The molecule has 5 nitrogen and oxygen atoms in total. The lowest BCUT2D eigenvalue weighted by atomic mass is 10.1. The highest BCUT2D eigenvalue weighted by atomic mass is 35.5. The lowest BCUT2D eigenvalue weighted by Crippen LogP contribution is -2.20. The molecule has 0 aliphatic rings. The van der Waals surface area contributed by atoms with E-state index in [9.17, 15) is 12.8 Å². The number of hydrogen-bond donors (Lipinski definition) is 1. The summed E-state index contributed by atoms with van der Waals surface area (Å²) in [7, 11) is -2.11. The van der Waals surface area contributed by atoms with Crippen molar-refractivity contribution in [2.75, 3.05) is 7.05 Å². The zero-order chi connectivity index (χ0) is 19.4. The highest BCUT2D eigenvalue weighted by Crippen LogP contribution is 2.31. The fourth-order valence-corrected chi connectivity index (χ4v) is 4.65. The molecule has 0 radical (unpaired) electrons. The van der Waals surface area contributed by atoms with Crippen LogP contribution in [0, 0.1) is 5.82 Å². The number of hydrogen-bond acceptors (Lipinski definition) is 4. The van der Waals surface area contributed by atoms with E-state index in [2.05, 4.69) is 16.9 Å². The molecule has 0 aliphatic heterocycles. The Kier molecular flexibility index (Phi) is 7.12. The third kappa shape index (κ3) is 4.32. The second-order valence-electron chi connectivity index (χ2n) is 6.06. The molecule has 1 aromatic carbocycles. The summed E-state index contributed by atoms with van der Waals surface area (Å²) in [6, 6.07) is 11.0. The minimum atomic E-state index is -3.88. The lowest BCUT2D eigenvalue weighted by molar-refractivity contribution is 0.581. The van der Waals surface area contributed by atoms with Crippen molar-refractivity contribution in [3.05, 3.63) is 90.7 Å². The molecule has 0 bridgehead atoms. The number of aromatic nitrogens is 2. The smallest absolute Gasteiger partial charge is 0.249 e. The molecule has 0 amide bonds. The van der Waals surface area contributed by atoms with Crippen molar-refractivity contribution >= 4 is 22.4 Å². The molecule has 0 spiro atoms. The van der Waals surface area contributed by atoms with Crippen molar-refractivity contribution in [2.45, 2.75) is 11.8 Å². The first-order valence-electron chi connectivity index (χ1n) is 8.36. The van der Waals surface area contributed by atoms with E-state index in [0.29, 0.717) is 23.4 Å². The number of nitrogens with one attached hydrogen (secondary N) is 1. The Balaban J connectivity index is 0.00000280. The van der Waals surface area contributed by atoms with Gasteiger partial charge in [-0.25, -0.2) is 16.8 Å². The van der Waals surface area contributed by atoms with Crippen LogP contribution in [0.1, 0.15) is 16.4 Å². The van der Waals surface area contributed by atoms with Gasteiger partial charge in [0.25, 0.3) is 0 Å². The highest BCUT2D eigenvalue weighted by Gasteiger charge is 2.29. The Morgan fingerprint density at radius 2 is 2.07 bits per heavy atom. The zero-order valence-electron chi connectivity index (χ0n) is 15.2. The van der Waals surface area contributed by atoms with Crippen LogP contribution in [0.4, 0.5) is 4.39 Å². The van der Waals surface area contributed by atoms with Gasteiger partial charge in [-0.05, 0) is 42.4 Å². The van der Waals surface area contributed by atoms with E-state index in [1.54, 1.807) is 49.8 Å². The molecular formula is C20H21ClFN3O2S. The first-order valence-corrected chi connectivity index (χ1v) is 9.86. The van der Waals surface area contributed by atoms with E-state index in [1.165, 1.54) is 28.4 Å². The molecule has 148 valence electrons. The molecule has 1 N–H and O–H groups in total. The predicted molar refractivity (Wildman–Crippen MR) is 111 cm³/mol. The molecule has 0 saturated carbocycles. The summed E-state index contributed by atoms with van der Waals surface area (Å²) in [5, 5.41) is 2.02. The maximum atomic E-state index is 13.7. The van der Waals surface area contributed by atoms with Crippen LogP contribution in [-0.4, -0.2) is 24.4 Å². The molecule has 0 saturated heterocycles. The van der Waals surface area contributed by atoms with Crippen molar-refractivity contribution in [1.29, 1.82) is 0 Å². The van der Waals surface area contributed by atoms with Gasteiger partial charge in [-0.2, -0.15) is 0 Å². The number of halogens is 2. The summed E-state index contributed by atoms with van der Waals surface area (Å²) in [6.45, 7) is 4.18. The molecule has 0 aliphatic carbocycles. The number of nitrogens with zero attached hydrogens (tertiary/aromatic N) is 2. The molecule has 0 fully saturated rings. The quantitative estimate of drug-likeness (QED) is 0.587. The van der Waals surface area contributed by atoms with Crippen molar-refractivity contribution in [2.24, 2.45) is 0 Å². The van der Waals surface area contributed by atoms with Crippen molar-refractivity contribution in [1.82, 2.24) is 14.3 Å². The summed E-state index contributed by atoms with van der Waals surface area (Å²) in [6.07, 6.45) is 6.01. The Morgan fingerprint density at radius 1 is 1.29 bits per heavy atom. The highest BCUT2D eigenvalue weighted by molar-refractivity contribution is 7.90.